The molecule has 4 aromatic rings. The predicted octanol–water partition coefficient (Wildman–Crippen LogP) is 5.06. The number of hydrogen-bond acceptors (Lipinski definition) is 7. The Morgan fingerprint density at radius 3 is 2.50 bits per heavy atom. The molecule has 1 aromatic carbocycles. The number of nitrogens with one attached hydrogen (secondary N) is 2. The van der Waals surface area contributed by atoms with Crippen molar-refractivity contribution >= 4 is 32.6 Å². The molecule has 0 saturated carbocycles. The maximum atomic E-state index is 15.7. The van der Waals surface area contributed by atoms with Gasteiger partial charge >= 0.3 is 0 Å². The van der Waals surface area contributed by atoms with Crippen LogP contribution in [0.15, 0.2) is 49.2 Å². The van der Waals surface area contributed by atoms with Crippen molar-refractivity contribution in [3.8, 4) is 16.8 Å². The maximum Gasteiger partial charge on any atom is 0.232 e. The summed E-state index contributed by atoms with van der Waals surface area (Å²) in [6, 6.07) is 5.68. The van der Waals surface area contributed by atoms with Crippen molar-refractivity contribution in [2.75, 3.05) is 42.0 Å². The maximum absolute atomic E-state index is 15.7. The summed E-state index contributed by atoms with van der Waals surface area (Å²) in [6.07, 6.45) is 8.78. The number of nitrogens with zero attached hydrogens (tertiary/aromatic N) is 5. The lowest BCUT2D eigenvalue weighted by Gasteiger charge is -2.31. The highest BCUT2D eigenvalue weighted by atomic mass is 32.2. The van der Waals surface area contributed by atoms with Gasteiger partial charge in [0.25, 0.3) is 0 Å². The molecule has 5 rings (SSSR count). The summed E-state index contributed by atoms with van der Waals surface area (Å²) >= 11 is 0. The fourth-order valence-electron chi connectivity index (χ4n) is 5.12. The molecule has 0 unspecified atom stereocenters. The van der Waals surface area contributed by atoms with Crippen LogP contribution in [-0.4, -0.2) is 64.8 Å². The van der Waals surface area contributed by atoms with Gasteiger partial charge in [-0.2, -0.15) is 0 Å². The molecule has 2 N–H and O–H groups in total. The van der Waals surface area contributed by atoms with Crippen LogP contribution in [0.25, 0.3) is 27.8 Å². The third kappa shape index (κ3) is 5.92. The average molecular weight is 570 g/mol. The molecule has 1 fully saturated rings. The smallest absolute Gasteiger partial charge is 0.232 e. The molecule has 40 heavy (non-hydrogen) atoms. The van der Waals surface area contributed by atoms with Gasteiger partial charge in [-0.1, -0.05) is 13.8 Å². The van der Waals surface area contributed by atoms with Gasteiger partial charge in [-0.25, -0.2) is 32.2 Å². The summed E-state index contributed by atoms with van der Waals surface area (Å²) in [4.78, 5) is 15.5. The molecule has 4 heterocycles. The SMILES string of the molecule is CCCS(=O)(=O)Nc1ccc(F)c(-n2cc(-c3cncnc3)c3nc(NCC4CCN(CC)CC4)ccc32)c1F. The van der Waals surface area contributed by atoms with Crippen molar-refractivity contribution in [2.24, 2.45) is 5.92 Å². The van der Waals surface area contributed by atoms with Crippen LogP contribution in [0.5, 0.6) is 0 Å². The zero-order chi connectivity index (χ0) is 28.3. The quantitative estimate of drug-likeness (QED) is 0.275. The van der Waals surface area contributed by atoms with Gasteiger partial charge in [0.2, 0.25) is 10.0 Å². The first-order chi connectivity index (χ1) is 19.3. The number of pyridine rings is 1. The van der Waals surface area contributed by atoms with Crippen molar-refractivity contribution in [3.05, 3.63) is 60.8 Å². The third-order valence-corrected chi connectivity index (χ3v) is 8.77. The number of halogens is 2. The first-order valence-electron chi connectivity index (χ1n) is 13.5. The fraction of sp³-hybridized carbons (Fsp3) is 0.393. The summed E-state index contributed by atoms with van der Waals surface area (Å²) in [6.45, 7) is 7.90. The molecular formula is C28H33F2N7O2S. The van der Waals surface area contributed by atoms with E-state index in [1.54, 1.807) is 37.6 Å². The number of hydrogen-bond donors (Lipinski definition) is 2. The van der Waals surface area contributed by atoms with Gasteiger partial charge in [0, 0.05) is 36.3 Å². The molecule has 1 aliphatic rings. The van der Waals surface area contributed by atoms with Gasteiger partial charge in [-0.05, 0) is 69.1 Å². The molecule has 9 nitrogen and oxygen atoms in total. The van der Waals surface area contributed by atoms with E-state index >= 15 is 8.78 Å². The van der Waals surface area contributed by atoms with Crippen LogP contribution in [0.2, 0.25) is 0 Å². The Labute approximate surface area is 232 Å². The van der Waals surface area contributed by atoms with E-state index in [1.807, 2.05) is 0 Å². The van der Waals surface area contributed by atoms with Gasteiger partial charge in [-0.3, -0.25) is 4.72 Å². The minimum absolute atomic E-state index is 0.179. The minimum Gasteiger partial charge on any atom is -0.370 e. The minimum atomic E-state index is -3.79. The highest BCUT2D eigenvalue weighted by molar-refractivity contribution is 7.92. The Morgan fingerprint density at radius 2 is 1.80 bits per heavy atom. The summed E-state index contributed by atoms with van der Waals surface area (Å²) in [5.41, 5.74) is 1.45. The number of aromatic nitrogens is 4. The number of rotatable bonds is 10. The topological polar surface area (TPSA) is 105 Å². The van der Waals surface area contributed by atoms with E-state index in [4.69, 9.17) is 4.98 Å². The van der Waals surface area contributed by atoms with E-state index < -0.39 is 27.3 Å². The van der Waals surface area contributed by atoms with E-state index in [0.717, 1.165) is 51.2 Å². The molecule has 0 spiro atoms. The molecule has 12 heteroatoms. The Kier molecular flexibility index (Phi) is 8.27. The second kappa shape index (κ2) is 11.8. The standard InChI is InChI=1S/C28H33F2N7O2S/c1-3-13-40(38,39)35-23-6-5-22(29)28(26(23)30)37-17-21(20-15-31-18-32-16-20)27-24(37)7-8-25(34-27)33-14-19-9-11-36(4-2)12-10-19/h5-8,15-19,35H,3-4,9-14H2,1-2H3,(H,33,34). The Hall–Kier alpha value is -3.64. The number of benzene rings is 1. The van der Waals surface area contributed by atoms with Crippen LogP contribution in [0.1, 0.15) is 33.1 Å². The van der Waals surface area contributed by atoms with E-state index in [9.17, 15) is 8.42 Å². The zero-order valence-corrected chi connectivity index (χ0v) is 23.4. The molecule has 0 atom stereocenters. The Balaban J connectivity index is 1.54. The van der Waals surface area contributed by atoms with Crippen molar-refractivity contribution in [3.63, 3.8) is 0 Å². The monoisotopic (exact) mass is 569 g/mol. The largest absolute Gasteiger partial charge is 0.370 e. The van der Waals surface area contributed by atoms with Gasteiger partial charge in [0.05, 0.1) is 22.5 Å². The van der Waals surface area contributed by atoms with E-state index in [2.05, 4.69) is 31.8 Å². The molecule has 0 bridgehead atoms. The summed E-state index contributed by atoms with van der Waals surface area (Å²) in [7, 11) is -3.79. The number of likely N-dealkylation sites (tertiary alicyclic amines) is 1. The molecular weight excluding hydrogens is 536 g/mol. The predicted molar refractivity (Wildman–Crippen MR) is 153 cm³/mol. The van der Waals surface area contributed by atoms with Crippen LogP contribution in [0.3, 0.4) is 0 Å². The van der Waals surface area contributed by atoms with Crippen molar-refractivity contribution in [1.29, 1.82) is 0 Å². The van der Waals surface area contributed by atoms with Crippen LogP contribution in [0.4, 0.5) is 20.3 Å². The lowest BCUT2D eigenvalue weighted by atomic mass is 9.97. The van der Waals surface area contributed by atoms with Crippen LogP contribution in [0, 0.1) is 17.6 Å². The average Bonchev–Trinajstić information content (AvgIpc) is 3.32. The second-order valence-corrected chi connectivity index (χ2v) is 11.9. The van der Waals surface area contributed by atoms with Gasteiger partial charge in [0.1, 0.15) is 23.6 Å². The van der Waals surface area contributed by atoms with Gasteiger partial charge in [-0.15, -0.1) is 0 Å². The van der Waals surface area contributed by atoms with Gasteiger partial charge < -0.3 is 14.8 Å². The summed E-state index contributed by atoms with van der Waals surface area (Å²) in [5.74, 6) is -0.851. The first kappa shape index (κ1) is 27.9. The third-order valence-electron chi connectivity index (χ3n) is 7.29. The van der Waals surface area contributed by atoms with E-state index in [1.165, 1.54) is 10.9 Å². The van der Waals surface area contributed by atoms with Crippen molar-refractivity contribution < 1.29 is 17.2 Å². The molecule has 0 amide bonds. The number of fused-ring (bicyclic) bond motifs is 1. The molecule has 0 aliphatic carbocycles. The van der Waals surface area contributed by atoms with Crippen LogP contribution < -0.4 is 10.0 Å². The molecule has 212 valence electrons. The first-order valence-corrected chi connectivity index (χ1v) is 15.2. The van der Waals surface area contributed by atoms with E-state index in [-0.39, 0.29) is 11.4 Å². The normalized spacial score (nSPS) is 15.0. The lowest BCUT2D eigenvalue weighted by molar-refractivity contribution is 0.198. The number of sulfonamides is 1. The summed E-state index contributed by atoms with van der Waals surface area (Å²) in [5, 5.41) is 3.44. The van der Waals surface area contributed by atoms with Crippen molar-refractivity contribution in [1.82, 2.24) is 24.4 Å². The summed E-state index contributed by atoms with van der Waals surface area (Å²) < 4.78 is 59.2. The Bertz CT molecular complexity index is 1590. The van der Waals surface area contributed by atoms with E-state index in [0.29, 0.717) is 40.3 Å². The number of anilines is 2. The zero-order valence-electron chi connectivity index (χ0n) is 22.6. The molecule has 1 saturated heterocycles. The van der Waals surface area contributed by atoms with Gasteiger partial charge in [0.15, 0.2) is 5.82 Å². The van der Waals surface area contributed by atoms with Crippen LogP contribution in [-0.2, 0) is 10.0 Å². The van der Waals surface area contributed by atoms with Crippen molar-refractivity contribution in [2.45, 2.75) is 33.1 Å². The van der Waals surface area contributed by atoms with Crippen LogP contribution >= 0.6 is 0 Å². The second-order valence-electron chi connectivity index (χ2n) is 10.0. The molecule has 3 aromatic heterocycles. The number of piperidine rings is 1. The molecule has 1 aliphatic heterocycles. The fourth-order valence-corrected chi connectivity index (χ4v) is 6.25. The Morgan fingerprint density at radius 1 is 1.05 bits per heavy atom. The lowest BCUT2D eigenvalue weighted by Crippen LogP contribution is -2.35. The molecule has 0 radical (unpaired) electrons. The highest BCUT2D eigenvalue weighted by Crippen LogP contribution is 2.35. The highest BCUT2D eigenvalue weighted by Gasteiger charge is 2.23.